The molecule has 158 valence electrons. The van der Waals surface area contributed by atoms with Crippen LogP contribution in [0.3, 0.4) is 0 Å². The smallest absolute Gasteiger partial charge is 0.165 e. The quantitative estimate of drug-likeness (QED) is 0.578. The normalized spacial score (nSPS) is 16.9. The molecule has 5 nitrogen and oxygen atoms in total. The van der Waals surface area contributed by atoms with Crippen LogP contribution in [0, 0.1) is 18.7 Å². The first kappa shape index (κ1) is 20.6. The highest BCUT2D eigenvalue weighted by molar-refractivity contribution is 5.64. The predicted molar refractivity (Wildman–Crippen MR) is 116 cm³/mol. The topological polar surface area (TPSA) is 39.5 Å². The molecule has 1 atom stereocenters. The van der Waals surface area contributed by atoms with E-state index in [1.165, 1.54) is 13.2 Å². The van der Waals surface area contributed by atoms with Gasteiger partial charge in [0.25, 0.3) is 0 Å². The predicted octanol–water partition coefficient (Wildman–Crippen LogP) is 4.46. The number of ether oxygens (including phenoxy) is 2. The van der Waals surface area contributed by atoms with E-state index in [0.717, 1.165) is 60.7 Å². The second-order valence-corrected chi connectivity index (χ2v) is 7.93. The number of methoxy groups -OCH3 is 2. The standard InChI is InChI=1S/C24H28FN3O2/c1-17-6-4-5-7-22(17)28-15-20(14-27-11-10-18(13-27)16-29-2)24(26-28)19-8-9-23(30-3)21(25)12-19/h4-9,12,15,18H,10-11,13-14,16H2,1-3H3/t18-/m0/s1. The van der Waals surface area contributed by atoms with E-state index in [1.807, 2.05) is 22.9 Å². The summed E-state index contributed by atoms with van der Waals surface area (Å²) in [6, 6.07) is 13.2. The second-order valence-electron chi connectivity index (χ2n) is 7.93. The van der Waals surface area contributed by atoms with Crippen LogP contribution in [-0.2, 0) is 11.3 Å². The third-order valence-corrected chi connectivity index (χ3v) is 5.74. The lowest BCUT2D eigenvalue weighted by Crippen LogP contribution is -2.21. The summed E-state index contributed by atoms with van der Waals surface area (Å²) in [6.07, 6.45) is 3.20. The van der Waals surface area contributed by atoms with Crippen molar-refractivity contribution >= 4 is 0 Å². The second kappa shape index (κ2) is 8.98. The van der Waals surface area contributed by atoms with Crippen molar-refractivity contribution in [2.75, 3.05) is 33.9 Å². The van der Waals surface area contributed by atoms with Crippen LogP contribution in [0.4, 0.5) is 4.39 Å². The molecule has 0 aliphatic carbocycles. The van der Waals surface area contributed by atoms with Crippen LogP contribution in [0.1, 0.15) is 17.5 Å². The lowest BCUT2D eigenvalue weighted by molar-refractivity contribution is 0.152. The zero-order valence-corrected chi connectivity index (χ0v) is 17.8. The Labute approximate surface area is 177 Å². The maximum Gasteiger partial charge on any atom is 0.165 e. The molecule has 1 aromatic heterocycles. The van der Waals surface area contributed by atoms with Gasteiger partial charge >= 0.3 is 0 Å². The van der Waals surface area contributed by atoms with Gasteiger partial charge in [-0.25, -0.2) is 9.07 Å². The summed E-state index contributed by atoms with van der Waals surface area (Å²) < 4.78 is 26.7. The van der Waals surface area contributed by atoms with Crippen molar-refractivity contribution in [2.45, 2.75) is 19.9 Å². The monoisotopic (exact) mass is 409 g/mol. The summed E-state index contributed by atoms with van der Waals surface area (Å²) in [4.78, 5) is 2.42. The van der Waals surface area contributed by atoms with Crippen LogP contribution >= 0.6 is 0 Å². The van der Waals surface area contributed by atoms with Crippen molar-refractivity contribution in [3.8, 4) is 22.7 Å². The van der Waals surface area contributed by atoms with Crippen LogP contribution in [0.25, 0.3) is 16.9 Å². The van der Waals surface area contributed by atoms with Gasteiger partial charge in [0.15, 0.2) is 11.6 Å². The Bertz CT molecular complexity index is 1020. The zero-order chi connectivity index (χ0) is 21.1. The van der Waals surface area contributed by atoms with Crippen LogP contribution in [-0.4, -0.2) is 48.6 Å². The SMILES string of the molecule is COC[C@H]1CCN(Cc2cn(-c3ccccc3C)nc2-c2ccc(OC)c(F)c2)C1. The maximum absolute atomic E-state index is 14.4. The summed E-state index contributed by atoms with van der Waals surface area (Å²) in [6.45, 7) is 5.66. The van der Waals surface area contributed by atoms with Crippen molar-refractivity contribution in [1.29, 1.82) is 0 Å². The first-order valence-electron chi connectivity index (χ1n) is 10.3. The molecule has 0 bridgehead atoms. The van der Waals surface area contributed by atoms with Crippen molar-refractivity contribution in [3.63, 3.8) is 0 Å². The molecule has 0 unspecified atom stereocenters. The van der Waals surface area contributed by atoms with E-state index in [-0.39, 0.29) is 11.6 Å². The van der Waals surface area contributed by atoms with E-state index in [2.05, 4.69) is 30.2 Å². The first-order chi connectivity index (χ1) is 14.6. The summed E-state index contributed by atoms with van der Waals surface area (Å²) in [5, 5.41) is 4.86. The molecule has 0 amide bonds. The molecule has 1 aliphatic rings. The molecule has 30 heavy (non-hydrogen) atoms. The average Bonchev–Trinajstić information content (AvgIpc) is 3.36. The van der Waals surface area contributed by atoms with E-state index in [4.69, 9.17) is 14.6 Å². The van der Waals surface area contributed by atoms with Gasteiger partial charge in [-0.15, -0.1) is 0 Å². The maximum atomic E-state index is 14.4. The number of rotatable bonds is 7. The number of nitrogens with zero attached hydrogens (tertiary/aromatic N) is 3. The number of aryl methyl sites for hydroxylation is 1. The first-order valence-corrected chi connectivity index (χ1v) is 10.3. The molecule has 0 radical (unpaired) electrons. The fraction of sp³-hybridized carbons (Fsp3) is 0.375. The summed E-state index contributed by atoms with van der Waals surface area (Å²) in [7, 11) is 3.23. The van der Waals surface area contributed by atoms with Gasteiger partial charge in [-0.2, -0.15) is 5.10 Å². The lowest BCUT2D eigenvalue weighted by atomic mass is 10.1. The van der Waals surface area contributed by atoms with Crippen LogP contribution < -0.4 is 4.74 Å². The fourth-order valence-corrected chi connectivity index (χ4v) is 4.20. The highest BCUT2D eigenvalue weighted by Gasteiger charge is 2.24. The van der Waals surface area contributed by atoms with E-state index in [0.29, 0.717) is 5.92 Å². The summed E-state index contributed by atoms with van der Waals surface area (Å²) in [5.74, 6) is 0.414. The Kier molecular flexibility index (Phi) is 6.16. The van der Waals surface area contributed by atoms with E-state index in [9.17, 15) is 4.39 Å². The number of halogens is 1. The van der Waals surface area contributed by atoms with Gasteiger partial charge in [0.05, 0.1) is 25.1 Å². The number of likely N-dealkylation sites (tertiary alicyclic amines) is 1. The highest BCUT2D eigenvalue weighted by atomic mass is 19.1. The van der Waals surface area contributed by atoms with Gasteiger partial charge in [0.2, 0.25) is 0 Å². The van der Waals surface area contributed by atoms with Gasteiger partial charge in [-0.05, 0) is 55.6 Å². The molecule has 1 fully saturated rings. The third kappa shape index (κ3) is 4.25. The zero-order valence-electron chi connectivity index (χ0n) is 17.8. The van der Waals surface area contributed by atoms with Crippen LogP contribution in [0.2, 0.25) is 0 Å². The van der Waals surface area contributed by atoms with Crippen molar-refractivity contribution < 1.29 is 13.9 Å². The molecule has 1 aliphatic heterocycles. The molecule has 1 saturated heterocycles. The van der Waals surface area contributed by atoms with E-state index in [1.54, 1.807) is 13.2 Å². The molecule has 0 N–H and O–H groups in total. The molecule has 0 saturated carbocycles. The molecule has 2 aromatic carbocycles. The fourth-order valence-electron chi connectivity index (χ4n) is 4.20. The van der Waals surface area contributed by atoms with Crippen LogP contribution in [0.5, 0.6) is 5.75 Å². The Morgan fingerprint density at radius 3 is 2.73 bits per heavy atom. The Hall–Kier alpha value is -2.70. The highest BCUT2D eigenvalue weighted by Crippen LogP contribution is 2.30. The number of aromatic nitrogens is 2. The lowest BCUT2D eigenvalue weighted by Gasteiger charge is -2.16. The Balaban J connectivity index is 1.70. The molecule has 0 spiro atoms. The number of hydrogen-bond donors (Lipinski definition) is 0. The van der Waals surface area contributed by atoms with Crippen molar-refractivity contribution in [3.05, 3.63) is 65.6 Å². The Morgan fingerprint density at radius 2 is 2.00 bits per heavy atom. The number of benzene rings is 2. The van der Waals surface area contributed by atoms with Gasteiger partial charge < -0.3 is 9.47 Å². The van der Waals surface area contributed by atoms with Crippen LogP contribution in [0.15, 0.2) is 48.7 Å². The third-order valence-electron chi connectivity index (χ3n) is 5.74. The molecular weight excluding hydrogens is 381 g/mol. The summed E-state index contributed by atoms with van der Waals surface area (Å²) >= 11 is 0. The molecule has 2 heterocycles. The molecule has 3 aromatic rings. The number of para-hydroxylation sites is 1. The largest absolute Gasteiger partial charge is 0.494 e. The number of hydrogen-bond acceptors (Lipinski definition) is 4. The average molecular weight is 410 g/mol. The van der Waals surface area contributed by atoms with E-state index >= 15 is 0 Å². The van der Waals surface area contributed by atoms with Gasteiger partial charge in [-0.3, -0.25) is 4.90 Å². The van der Waals surface area contributed by atoms with Crippen molar-refractivity contribution in [2.24, 2.45) is 5.92 Å². The van der Waals surface area contributed by atoms with Gasteiger partial charge in [0.1, 0.15) is 0 Å². The minimum Gasteiger partial charge on any atom is -0.494 e. The molecule has 4 rings (SSSR count). The Morgan fingerprint density at radius 1 is 1.17 bits per heavy atom. The molecule has 6 heteroatoms. The van der Waals surface area contributed by atoms with Crippen molar-refractivity contribution in [1.82, 2.24) is 14.7 Å². The van der Waals surface area contributed by atoms with E-state index < -0.39 is 0 Å². The molecular formula is C24H28FN3O2. The van der Waals surface area contributed by atoms with Gasteiger partial charge in [-0.1, -0.05) is 18.2 Å². The summed E-state index contributed by atoms with van der Waals surface area (Å²) in [5.41, 5.74) is 4.80. The van der Waals surface area contributed by atoms with Gasteiger partial charge in [0, 0.05) is 37.5 Å². The minimum atomic E-state index is -0.382. The minimum absolute atomic E-state index is 0.237.